The molecule has 2 aromatic rings. The molecule has 21 heavy (non-hydrogen) atoms. The van der Waals surface area contributed by atoms with Crippen molar-refractivity contribution in [1.82, 2.24) is 0 Å². The minimum absolute atomic E-state index is 0.0473. The van der Waals surface area contributed by atoms with Crippen molar-refractivity contribution >= 4 is 11.7 Å². The zero-order valence-corrected chi connectivity index (χ0v) is 12.9. The van der Waals surface area contributed by atoms with Gasteiger partial charge < -0.3 is 10.4 Å². The zero-order valence-electron chi connectivity index (χ0n) is 12.9. The minimum atomic E-state index is -0.914. The highest BCUT2D eigenvalue weighted by Crippen LogP contribution is 2.27. The Morgan fingerprint density at radius 2 is 1.67 bits per heavy atom. The fourth-order valence-corrected chi connectivity index (χ4v) is 2.98. The Morgan fingerprint density at radius 3 is 2.24 bits per heavy atom. The third-order valence-electron chi connectivity index (χ3n) is 3.70. The lowest BCUT2D eigenvalue weighted by atomic mass is 9.94. The van der Waals surface area contributed by atoms with Crippen LogP contribution in [-0.2, 0) is 0 Å². The monoisotopic (exact) mass is 283 g/mol. The maximum Gasteiger partial charge on any atom is 0.337 e. The van der Waals surface area contributed by atoms with E-state index < -0.39 is 5.97 Å². The third-order valence-corrected chi connectivity index (χ3v) is 3.70. The van der Waals surface area contributed by atoms with Crippen molar-refractivity contribution in [1.29, 1.82) is 0 Å². The van der Waals surface area contributed by atoms with Crippen LogP contribution in [0.2, 0.25) is 0 Å². The Hall–Kier alpha value is -2.29. The first-order chi connectivity index (χ1) is 9.90. The third kappa shape index (κ3) is 3.24. The highest BCUT2D eigenvalue weighted by atomic mass is 16.4. The van der Waals surface area contributed by atoms with Crippen LogP contribution >= 0.6 is 0 Å². The lowest BCUT2D eigenvalue weighted by molar-refractivity contribution is 0.0698. The summed E-state index contributed by atoms with van der Waals surface area (Å²) < 4.78 is 0. The number of hydrogen-bond donors (Lipinski definition) is 2. The molecule has 3 heteroatoms. The number of rotatable bonds is 4. The second-order valence-electron chi connectivity index (χ2n) is 5.53. The minimum Gasteiger partial charge on any atom is -0.478 e. The first kappa shape index (κ1) is 15.1. The fraction of sp³-hybridized carbons (Fsp3) is 0.278. The predicted octanol–water partition coefficient (Wildman–Crippen LogP) is 4.48. The number of anilines is 1. The zero-order chi connectivity index (χ0) is 15.6. The molecule has 0 spiro atoms. The van der Waals surface area contributed by atoms with Crippen LogP contribution in [0.15, 0.2) is 36.4 Å². The molecule has 0 bridgehead atoms. The number of aromatic carboxylic acids is 1. The topological polar surface area (TPSA) is 49.3 Å². The number of aryl methyl sites for hydroxylation is 3. The van der Waals surface area contributed by atoms with Gasteiger partial charge in [-0.1, -0.05) is 29.8 Å². The van der Waals surface area contributed by atoms with E-state index in [4.69, 9.17) is 0 Å². The largest absolute Gasteiger partial charge is 0.478 e. The first-order valence-corrected chi connectivity index (χ1v) is 7.06. The van der Waals surface area contributed by atoms with Gasteiger partial charge in [0, 0.05) is 11.7 Å². The smallest absolute Gasteiger partial charge is 0.337 e. The summed E-state index contributed by atoms with van der Waals surface area (Å²) in [5.74, 6) is -0.914. The number of hydrogen-bond acceptors (Lipinski definition) is 2. The highest BCUT2D eigenvalue weighted by molar-refractivity contribution is 5.94. The number of carbonyl (C=O) groups is 1. The average Bonchev–Trinajstić information content (AvgIpc) is 2.37. The van der Waals surface area contributed by atoms with Crippen LogP contribution in [0.25, 0.3) is 0 Å². The van der Waals surface area contributed by atoms with Gasteiger partial charge in [-0.05, 0) is 56.5 Å². The second kappa shape index (κ2) is 6.00. The summed E-state index contributed by atoms with van der Waals surface area (Å²) >= 11 is 0. The van der Waals surface area contributed by atoms with Gasteiger partial charge in [0.2, 0.25) is 0 Å². The lowest BCUT2D eigenvalue weighted by Crippen LogP contribution is -2.13. The molecule has 1 atom stereocenters. The Kier molecular flexibility index (Phi) is 4.32. The lowest BCUT2D eigenvalue weighted by Gasteiger charge is -2.21. The molecule has 0 radical (unpaired) electrons. The molecule has 0 saturated heterocycles. The van der Waals surface area contributed by atoms with Gasteiger partial charge in [-0.15, -0.1) is 0 Å². The van der Waals surface area contributed by atoms with Crippen molar-refractivity contribution < 1.29 is 9.90 Å². The molecule has 0 aromatic heterocycles. The first-order valence-electron chi connectivity index (χ1n) is 7.06. The molecule has 0 aliphatic rings. The van der Waals surface area contributed by atoms with E-state index in [-0.39, 0.29) is 6.04 Å². The number of carboxylic acid groups (broad SMARTS) is 1. The van der Waals surface area contributed by atoms with E-state index in [0.29, 0.717) is 11.3 Å². The summed E-state index contributed by atoms with van der Waals surface area (Å²) in [6.07, 6.45) is 0. The maximum atomic E-state index is 11.3. The molecular formula is C18H21NO2. The summed E-state index contributed by atoms with van der Waals surface area (Å²) in [6, 6.07) is 11.4. The molecule has 0 aliphatic heterocycles. The van der Waals surface area contributed by atoms with E-state index in [1.807, 2.05) is 6.07 Å². The Morgan fingerprint density at radius 1 is 1.10 bits per heavy atom. The number of carboxylic acids is 1. The molecule has 110 valence electrons. The number of nitrogens with one attached hydrogen (secondary N) is 1. The van der Waals surface area contributed by atoms with Crippen molar-refractivity contribution in [3.8, 4) is 0 Å². The van der Waals surface area contributed by atoms with Crippen LogP contribution in [0, 0.1) is 20.8 Å². The highest BCUT2D eigenvalue weighted by Gasteiger charge is 2.15. The molecule has 0 aliphatic carbocycles. The van der Waals surface area contributed by atoms with Gasteiger partial charge in [0.05, 0.1) is 5.56 Å². The molecule has 0 saturated carbocycles. The van der Waals surface area contributed by atoms with E-state index in [1.165, 1.54) is 22.3 Å². The summed E-state index contributed by atoms with van der Waals surface area (Å²) in [4.78, 5) is 11.3. The second-order valence-corrected chi connectivity index (χ2v) is 5.53. The maximum absolute atomic E-state index is 11.3. The summed E-state index contributed by atoms with van der Waals surface area (Å²) in [7, 11) is 0. The fourth-order valence-electron chi connectivity index (χ4n) is 2.98. The summed E-state index contributed by atoms with van der Waals surface area (Å²) in [5.41, 5.74) is 5.86. The Bertz CT molecular complexity index is 654. The van der Waals surface area contributed by atoms with E-state index in [9.17, 15) is 9.90 Å². The molecule has 0 fully saturated rings. The van der Waals surface area contributed by atoms with Gasteiger partial charge in [-0.2, -0.15) is 0 Å². The quantitative estimate of drug-likeness (QED) is 0.869. The van der Waals surface area contributed by atoms with Gasteiger partial charge in [0.25, 0.3) is 0 Å². The van der Waals surface area contributed by atoms with Crippen molar-refractivity contribution in [2.75, 3.05) is 5.32 Å². The van der Waals surface area contributed by atoms with Gasteiger partial charge in [0.1, 0.15) is 0 Å². The van der Waals surface area contributed by atoms with Gasteiger partial charge >= 0.3 is 5.97 Å². The molecule has 2 aromatic carbocycles. The SMILES string of the molecule is Cc1cc(C)c(C(C)Nc2ccccc2C(=O)O)c(C)c1. The number of para-hydroxylation sites is 1. The van der Waals surface area contributed by atoms with Crippen LogP contribution in [0.5, 0.6) is 0 Å². The predicted molar refractivity (Wildman–Crippen MR) is 86.1 cm³/mol. The normalized spacial score (nSPS) is 12.0. The van der Waals surface area contributed by atoms with Crippen molar-refractivity contribution in [3.05, 3.63) is 64.2 Å². The Balaban J connectivity index is 2.35. The van der Waals surface area contributed by atoms with Crippen LogP contribution in [-0.4, -0.2) is 11.1 Å². The molecule has 0 amide bonds. The van der Waals surface area contributed by atoms with Gasteiger partial charge in [-0.3, -0.25) is 0 Å². The Labute approximate surface area is 125 Å². The van der Waals surface area contributed by atoms with E-state index in [1.54, 1.807) is 18.2 Å². The van der Waals surface area contributed by atoms with Crippen molar-refractivity contribution in [2.24, 2.45) is 0 Å². The summed E-state index contributed by atoms with van der Waals surface area (Å²) in [5, 5.41) is 12.6. The van der Waals surface area contributed by atoms with E-state index >= 15 is 0 Å². The van der Waals surface area contributed by atoms with E-state index in [0.717, 1.165) is 0 Å². The van der Waals surface area contributed by atoms with Crippen molar-refractivity contribution in [2.45, 2.75) is 33.7 Å². The average molecular weight is 283 g/mol. The molecule has 1 unspecified atom stereocenters. The molecular weight excluding hydrogens is 262 g/mol. The molecule has 2 N–H and O–H groups in total. The van der Waals surface area contributed by atoms with Crippen molar-refractivity contribution in [3.63, 3.8) is 0 Å². The molecule has 0 heterocycles. The van der Waals surface area contributed by atoms with E-state index in [2.05, 4.69) is 45.1 Å². The van der Waals surface area contributed by atoms with Crippen LogP contribution in [0.3, 0.4) is 0 Å². The standard InChI is InChI=1S/C18H21NO2/c1-11-9-12(2)17(13(3)10-11)14(4)19-16-8-6-5-7-15(16)18(20)21/h5-10,14,19H,1-4H3,(H,20,21). The summed E-state index contributed by atoms with van der Waals surface area (Å²) in [6.45, 7) is 8.33. The molecule has 2 rings (SSSR count). The van der Waals surface area contributed by atoms with Crippen LogP contribution in [0.1, 0.15) is 45.6 Å². The van der Waals surface area contributed by atoms with Gasteiger partial charge in [0.15, 0.2) is 0 Å². The molecule has 3 nitrogen and oxygen atoms in total. The van der Waals surface area contributed by atoms with Crippen LogP contribution < -0.4 is 5.32 Å². The van der Waals surface area contributed by atoms with Gasteiger partial charge in [-0.25, -0.2) is 4.79 Å². The van der Waals surface area contributed by atoms with Crippen LogP contribution in [0.4, 0.5) is 5.69 Å². The number of benzene rings is 2.